The van der Waals surface area contributed by atoms with E-state index in [0.29, 0.717) is 17.1 Å². The number of benzene rings is 1. The van der Waals surface area contributed by atoms with Gasteiger partial charge in [-0.3, -0.25) is 14.3 Å². The molecule has 2 aliphatic rings. The number of carbonyl (C=O) groups is 2. The summed E-state index contributed by atoms with van der Waals surface area (Å²) in [5.41, 5.74) is 2.34. The number of carbonyl (C=O) groups excluding carboxylic acids is 2. The van der Waals surface area contributed by atoms with Crippen LogP contribution in [0.2, 0.25) is 0 Å². The number of nitrogens with one attached hydrogen (secondary N) is 2. The van der Waals surface area contributed by atoms with E-state index < -0.39 is 0 Å². The number of nitrogens with zero attached hydrogens (tertiary/aromatic N) is 2. The van der Waals surface area contributed by atoms with Crippen molar-refractivity contribution in [3.8, 4) is 0 Å². The lowest BCUT2D eigenvalue weighted by Gasteiger charge is -2.20. The smallest absolute Gasteiger partial charge is 0.256 e. The Hall–Kier alpha value is -2.63. The summed E-state index contributed by atoms with van der Waals surface area (Å²) in [6.07, 6.45) is 7.49. The van der Waals surface area contributed by atoms with Gasteiger partial charge in [0.2, 0.25) is 5.91 Å². The van der Waals surface area contributed by atoms with Crippen LogP contribution in [-0.4, -0.2) is 21.6 Å². The Balaban J connectivity index is 1.41. The zero-order chi connectivity index (χ0) is 17.9. The van der Waals surface area contributed by atoms with Gasteiger partial charge in [0, 0.05) is 35.5 Å². The van der Waals surface area contributed by atoms with Crippen LogP contribution in [0.3, 0.4) is 0 Å². The quantitative estimate of drug-likeness (QED) is 0.883. The Morgan fingerprint density at radius 2 is 1.88 bits per heavy atom. The van der Waals surface area contributed by atoms with Crippen molar-refractivity contribution >= 4 is 23.3 Å². The van der Waals surface area contributed by atoms with Crippen LogP contribution in [0, 0.1) is 5.92 Å². The Bertz CT molecular complexity index is 799. The molecule has 2 heterocycles. The van der Waals surface area contributed by atoms with E-state index in [1.807, 2.05) is 16.8 Å². The number of amides is 2. The Labute approximate surface area is 153 Å². The van der Waals surface area contributed by atoms with Gasteiger partial charge in [0.15, 0.2) is 5.82 Å². The van der Waals surface area contributed by atoms with Gasteiger partial charge in [0.1, 0.15) is 0 Å². The van der Waals surface area contributed by atoms with Gasteiger partial charge in [-0.1, -0.05) is 25.3 Å². The van der Waals surface area contributed by atoms with Crippen molar-refractivity contribution in [3.05, 3.63) is 41.6 Å². The normalized spacial score (nSPS) is 16.9. The van der Waals surface area contributed by atoms with E-state index in [2.05, 4.69) is 15.7 Å². The number of rotatable bonds is 4. The van der Waals surface area contributed by atoms with E-state index in [4.69, 9.17) is 0 Å². The predicted molar refractivity (Wildman–Crippen MR) is 100 cm³/mol. The van der Waals surface area contributed by atoms with E-state index >= 15 is 0 Å². The van der Waals surface area contributed by atoms with Crippen molar-refractivity contribution in [1.29, 1.82) is 0 Å². The lowest BCUT2D eigenvalue weighted by Crippen LogP contribution is -2.24. The molecule has 0 bridgehead atoms. The molecule has 1 aromatic carbocycles. The molecule has 6 heteroatoms. The molecule has 0 radical (unpaired) electrons. The number of hydrogen-bond donors (Lipinski definition) is 2. The molecule has 6 nitrogen and oxygen atoms in total. The monoisotopic (exact) mass is 352 g/mol. The Kier molecular flexibility index (Phi) is 4.73. The molecule has 1 aliphatic heterocycles. The third kappa shape index (κ3) is 3.64. The summed E-state index contributed by atoms with van der Waals surface area (Å²) in [5.74, 6) is 0.527. The summed E-state index contributed by atoms with van der Waals surface area (Å²) in [6, 6.07) is 9.01. The zero-order valence-electron chi connectivity index (χ0n) is 14.8. The summed E-state index contributed by atoms with van der Waals surface area (Å²) < 4.78 is 1.94. The highest BCUT2D eigenvalue weighted by molar-refractivity contribution is 6.05. The van der Waals surface area contributed by atoms with Crippen molar-refractivity contribution in [2.45, 2.75) is 51.5 Å². The van der Waals surface area contributed by atoms with E-state index in [0.717, 1.165) is 50.8 Å². The Morgan fingerprint density at radius 3 is 2.69 bits per heavy atom. The molecule has 1 aromatic heterocycles. The van der Waals surface area contributed by atoms with Gasteiger partial charge in [-0.05, 0) is 43.9 Å². The first-order valence-corrected chi connectivity index (χ1v) is 9.48. The molecule has 4 rings (SSSR count). The fraction of sp³-hybridized carbons (Fsp3) is 0.450. The Morgan fingerprint density at radius 1 is 1.04 bits per heavy atom. The highest BCUT2D eigenvalue weighted by atomic mass is 16.2. The van der Waals surface area contributed by atoms with Crippen LogP contribution in [0.4, 0.5) is 11.5 Å². The predicted octanol–water partition coefficient (Wildman–Crippen LogP) is 3.60. The van der Waals surface area contributed by atoms with Gasteiger partial charge < -0.3 is 10.6 Å². The van der Waals surface area contributed by atoms with Crippen LogP contribution in [0.25, 0.3) is 0 Å². The SMILES string of the molecule is O=C(Nc1cc2n(n1)CCC2)c1cccc(NC(=O)C2CCCCC2)c1. The van der Waals surface area contributed by atoms with Crippen LogP contribution < -0.4 is 10.6 Å². The molecular formula is C20H24N4O2. The first-order valence-electron chi connectivity index (χ1n) is 9.48. The third-order valence-electron chi connectivity index (χ3n) is 5.28. The summed E-state index contributed by atoms with van der Waals surface area (Å²) >= 11 is 0. The molecule has 1 saturated carbocycles. The average molecular weight is 352 g/mol. The largest absolute Gasteiger partial charge is 0.326 e. The number of aromatic nitrogens is 2. The highest BCUT2D eigenvalue weighted by Crippen LogP contribution is 2.25. The fourth-order valence-corrected chi connectivity index (χ4v) is 3.86. The van der Waals surface area contributed by atoms with E-state index in [-0.39, 0.29) is 17.7 Å². The van der Waals surface area contributed by atoms with Crippen LogP contribution >= 0.6 is 0 Å². The molecule has 0 spiro atoms. The molecule has 0 saturated heterocycles. The van der Waals surface area contributed by atoms with Crippen molar-refractivity contribution in [2.24, 2.45) is 5.92 Å². The number of anilines is 2. The molecule has 1 aliphatic carbocycles. The van der Waals surface area contributed by atoms with Gasteiger partial charge in [0.25, 0.3) is 5.91 Å². The van der Waals surface area contributed by atoms with Crippen molar-refractivity contribution in [2.75, 3.05) is 10.6 Å². The second kappa shape index (κ2) is 7.32. The van der Waals surface area contributed by atoms with Crippen molar-refractivity contribution < 1.29 is 9.59 Å². The van der Waals surface area contributed by atoms with Crippen molar-refractivity contribution in [3.63, 3.8) is 0 Å². The van der Waals surface area contributed by atoms with Crippen LogP contribution in [0.5, 0.6) is 0 Å². The number of fused-ring (bicyclic) bond motifs is 1. The van der Waals surface area contributed by atoms with Gasteiger partial charge in [-0.2, -0.15) is 5.10 Å². The molecule has 0 atom stereocenters. The lowest BCUT2D eigenvalue weighted by molar-refractivity contribution is -0.120. The second-order valence-electron chi connectivity index (χ2n) is 7.21. The van der Waals surface area contributed by atoms with Crippen molar-refractivity contribution in [1.82, 2.24) is 9.78 Å². The van der Waals surface area contributed by atoms with E-state index in [1.54, 1.807) is 18.2 Å². The van der Waals surface area contributed by atoms with Gasteiger partial charge in [-0.15, -0.1) is 0 Å². The highest BCUT2D eigenvalue weighted by Gasteiger charge is 2.21. The minimum Gasteiger partial charge on any atom is -0.326 e. The van der Waals surface area contributed by atoms with Gasteiger partial charge in [-0.25, -0.2) is 0 Å². The summed E-state index contributed by atoms with van der Waals surface area (Å²) in [4.78, 5) is 24.9. The average Bonchev–Trinajstić information content (AvgIpc) is 3.24. The maximum atomic E-state index is 12.5. The first-order chi connectivity index (χ1) is 12.7. The molecule has 1 fully saturated rings. The van der Waals surface area contributed by atoms with Gasteiger partial charge >= 0.3 is 0 Å². The molecule has 2 aromatic rings. The summed E-state index contributed by atoms with van der Waals surface area (Å²) in [5, 5.41) is 10.2. The molecular weight excluding hydrogens is 328 g/mol. The zero-order valence-corrected chi connectivity index (χ0v) is 14.8. The van der Waals surface area contributed by atoms with Crippen LogP contribution in [-0.2, 0) is 17.8 Å². The summed E-state index contributed by atoms with van der Waals surface area (Å²) in [6.45, 7) is 0.911. The maximum absolute atomic E-state index is 12.5. The molecule has 2 amide bonds. The van der Waals surface area contributed by atoms with E-state index in [9.17, 15) is 9.59 Å². The lowest BCUT2D eigenvalue weighted by atomic mass is 9.88. The maximum Gasteiger partial charge on any atom is 0.256 e. The standard InChI is InChI=1S/C20H24N4O2/c25-19(14-6-2-1-3-7-14)21-16-9-4-8-15(12-16)20(26)22-18-13-17-10-5-11-24(17)23-18/h4,8-9,12-14H,1-3,5-7,10-11H2,(H,21,25)(H,22,23,26). The third-order valence-corrected chi connectivity index (χ3v) is 5.28. The van der Waals surface area contributed by atoms with Crippen LogP contribution in [0.1, 0.15) is 54.6 Å². The minimum atomic E-state index is -0.212. The molecule has 136 valence electrons. The van der Waals surface area contributed by atoms with E-state index in [1.165, 1.54) is 6.42 Å². The minimum absolute atomic E-state index is 0.0628. The summed E-state index contributed by atoms with van der Waals surface area (Å²) in [7, 11) is 0. The second-order valence-corrected chi connectivity index (χ2v) is 7.21. The number of hydrogen-bond acceptors (Lipinski definition) is 3. The number of aryl methyl sites for hydroxylation is 2. The molecule has 0 unspecified atom stereocenters. The van der Waals surface area contributed by atoms with Gasteiger partial charge in [0.05, 0.1) is 0 Å². The van der Waals surface area contributed by atoms with Crippen LogP contribution in [0.15, 0.2) is 30.3 Å². The molecule has 26 heavy (non-hydrogen) atoms. The first kappa shape index (κ1) is 16.8. The fourth-order valence-electron chi connectivity index (χ4n) is 3.86. The topological polar surface area (TPSA) is 76.0 Å². The molecule has 2 N–H and O–H groups in total.